The molecule has 0 radical (unpaired) electrons. The molecule has 6 heteroatoms. The smallest absolute Gasteiger partial charge is 0.354 e. The van der Waals surface area contributed by atoms with Crippen LogP contribution in [0.1, 0.15) is 10.5 Å². The summed E-state index contributed by atoms with van der Waals surface area (Å²) in [6.45, 7) is 0. The molecule has 66 valence electrons. The van der Waals surface area contributed by atoms with Crippen molar-refractivity contribution in [2.45, 2.75) is 0 Å². The van der Waals surface area contributed by atoms with E-state index in [0.29, 0.717) is 0 Å². The zero-order valence-corrected chi connectivity index (χ0v) is 6.28. The van der Waals surface area contributed by atoms with Crippen LogP contribution in [0.25, 0.3) is 11.0 Å². The number of carbonyl (C=O) groups is 1. The number of nitrogens with zero attached hydrogens (tertiary/aromatic N) is 2. The Morgan fingerprint density at radius 3 is 3.08 bits per heavy atom. The number of hydrogen-bond donors (Lipinski definition) is 2. The van der Waals surface area contributed by atoms with E-state index < -0.39 is 11.8 Å². The number of carboxylic acid groups (broad SMARTS) is 1. The highest BCUT2D eigenvalue weighted by atomic mass is 19.1. The van der Waals surface area contributed by atoms with Crippen LogP contribution < -0.4 is 0 Å². The standard InChI is InChI=1S/C7H4FN3O2/c8-3-1-4-5(7(12)13)10-11-6(4)9-2-3/h1-2H,(H,12,13)(H,9,10,11). The summed E-state index contributed by atoms with van der Waals surface area (Å²) in [5, 5.41) is 14.7. The normalized spacial score (nSPS) is 10.5. The van der Waals surface area contributed by atoms with Gasteiger partial charge in [0.05, 0.1) is 11.6 Å². The van der Waals surface area contributed by atoms with Gasteiger partial charge in [-0.05, 0) is 6.07 Å². The molecule has 0 unspecified atom stereocenters. The number of pyridine rings is 1. The van der Waals surface area contributed by atoms with Gasteiger partial charge in [-0.25, -0.2) is 14.2 Å². The highest BCUT2D eigenvalue weighted by molar-refractivity contribution is 5.99. The Bertz CT molecular complexity index is 480. The summed E-state index contributed by atoms with van der Waals surface area (Å²) in [4.78, 5) is 14.2. The first-order valence-electron chi connectivity index (χ1n) is 3.41. The second-order valence-corrected chi connectivity index (χ2v) is 2.43. The predicted octanol–water partition coefficient (Wildman–Crippen LogP) is 0.795. The van der Waals surface area contributed by atoms with Crippen LogP contribution in [-0.2, 0) is 0 Å². The molecule has 0 atom stereocenters. The molecule has 2 heterocycles. The molecule has 0 aromatic carbocycles. The van der Waals surface area contributed by atoms with E-state index in [4.69, 9.17) is 5.11 Å². The largest absolute Gasteiger partial charge is 0.477 e. The van der Waals surface area contributed by atoms with E-state index >= 15 is 0 Å². The van der Waals surface area contributed by atoms with Crippen LogP contribution in [0.5, 0.6) is 0 Å². The van der Waals surface area contributed by atoms with Crippen LogP contribution in [0.15, 0.2) is 12.3 Å². The number of halogens is 1. The van der Waals surface area contributed by atoms with Gasteiger partial charge in [0.15, 0.2) is 11.3 Å². The molecule has 2 rings (SSSR count). The van der Waals surface area contributed by atoms with Gasteiger partial charge < -0.3 is 5.11 Å². The van der Waals surface area contributed by atoms with Gasteiger partial charge in [0.25, 0.3) is 0 Å². The maximum Gasteiger partial charge on any atom is 0.354 e. The fraction of sp³-hybridized carbons (Fsp3) is 0. The number of carboxylic acids is 1. The molecule has 0 saturated heterocycles. The van der Waals surface area contributed by atoms with E-state index in [2.05, 4.69) is 15.2 Å². The lowest BCUT2D eigenvalue weighted by molar-refractivity contribution is 0.0692. The van der Waals surface area contributed by atoms with E-state index in [1.807, 2.05) is 0 Å². The monoisotopic (exact) mass is 181 g/mol. The van der Waals surface area contributed by atoms with E-state index in [0.717, 1.165) is 12.3 Å². The van der Waals surface area contributed by atoms with Crippen molar-refractivity contribution in [2.24, 2.45) is 0 Å². The molecule has 2 aromatic heterocycles. The van der Waals surface area contributed by atoms with Gasteiger partial charge in [-0.15, -0.1) is 0 Å². The van der Waals surface area contributed by atoms with Gasteiger partial charge in [0.1, 0.15) is 5.82 Å². The van der Waals surface area contributed by atoms with E-state index in [-0.39, 0.29) is 16.7 Å². The third-order valence-corrected chi connectivity index (χ3v) is 1.59. The summed E-state index contributed by atoms with van der Waals surface area (Å²) in [7, 11) is 0. The SMILES string of the molecule is O=C(O)c1[nH]nc2ncc(F)cc12. The summed E-state index contributed by atoms with van der Waals surface area (Å²) in [6, 6.07) is 1.08. The van der Waals surface area contributed by atoms with E-state index in [1.165, 1.54) is 0 Å². The summed E-state index contributed by atoms with van der Waals surface area (Å²) < 4.78 is 12.7. The summed E-state index contributed by atoms with van der Waals surface area (Å²) in [6.07, 6.45) is 0.981. The van der Waals surface area contributed by atoms with Crippen molar-refractivity contribution >= 4 is 17.0 Å². The Morgan fingerprint density at radius 2 is 2.38 bits per heavy atom. The van der Waals surface area contributed by atoms with Crippen molar-refractivity contribution in [3.8, 4) is 0 Å². The summed E-state index contributed by atoms with van der Waals surface area (Å²) >= 11 is 0. The lowest BCUT2D eigenvalue weighted by Gasteiger charge is -1.89. The molecule has 0 spiro atoms. The van der Waals surface area contributed by atoms with Gasteiger partial charge in [0.2, 0.25) is 0 Å². The third kappa shape index (κ3) is 1.12. The Morgan fingerprint density at radius 1 is 1.62 bits per heavy atom. The number of H-pyrrole nitrogens is 1. The zero-order chi connectivity index (χ0) is 9.42. The molecule has 2 N–H and O–H groups in total. The van der Waals surface area contributed by atoms with Crippen molar-refractivity contribution in [2.75, 3.05) is 0 Å². The van der Waals surface area contributed by atoms with Crippen LogP contribution in [0.4, 0.5) is 4.39 Å². The molecular weight excluding hydrogens is 177 g/mol. The number of hydrogen-bond acceptors (Lipinski definition) is 3. The predicted molar refractivity (Wildman–Crippen MR) is 40.8 cm³/mol. The van der Waals surface area contributed by atoms with E-state index in [1.54, 1.807) is 0 Å². The number of fused-ring (bicyclic) bond motifs is 1. The van der Waals surface area contributed by atoms with Gasteiger partial charge in [-0.1, -0.05) is 0 Å². The molecule has 0 aliphatic rings. The Kier molecular flexibility index (Phi) is 1.48. The fourth-order valence-corrected chi connectivity index (χ4v) is 1.04. The number of nitrogens with one attached hydrogen (secondary N) is 1. The molecule has 0 amide bonds. The van der Waals surface area contributed by atoms with Crippen molar-refractivity contribution < 1.29 is 14.3 Å². The molecule has 13 heavy (non-hydrogen) atoms. The van der Waals surface area contributed by atoms with Gasteiger partial charge >= 0.3 is 5.97 Å². The number of rotatable bonds is 1. The van der Waals surface area contributed by atoms with Crippen LogP contribution in [0, 0.1) is 5.82 Å². The van der Waals surface area contributed by atoms with Crippen molar-refractivity contribution in [3.05, 3.63) is 23.8 Å². The number of aromatic amines is 1. The van der Waals surface area contributed by atoms with E-state index in [9.17, 15) is 9.18 Å². The van der Waals surface area contributed by atoms with Crippen LogP contribution in [0.2, 0.25) is 0 Å². The number of aromatic nitrogens is 3. The lowest BCUT2D eigenvalue weighted by atomic mass is 10.2. The first-order valence-corrected chi connectivity index (χ1v) is 3.41. The minimum atomic E-state index is -1.19. The van der Waals surface area contributed by atoms with Crippen LogP contribution >= 0.6 is 0 Å². The molecule has 5 nitrogen and oxygen atoms in total. The topological polar surface area (TPSA) is 78.9 Å². The van der Waals surface area contributed by atoms with Crippen LogP contribution in [0.3, 0.4) is 0 Å². The highest BCUT2D eigenvalue weighted by Crippen LogP contribution is 2.14. The lowest BCUT2D eigenvalue weighted by Crippen LogP contribution is -1.96. The third-order valence-electron chi connectivity index (χ3n) is 1.59. The minimum absolute atomic E-state index is 0.151. The number of aromatic carboxylic acids is 1. The molecule has 0 aliphatic heterocycles. The molecule has 0 aliphatic carbocycles. The van der Waals surface area contributed by atoms with Gasteiger partial charge in [0, 0.05) is 0 Å². The fourth-order valence-electron chi connectivity index (χ4n) is 1.04. The quantitative estimate of drug-likeness (QED) is 0.681. The molecule has 0 saturated carbocycles. The minimum Gasteiger partial charge on any atom is -0.477 e. The summed E-state index contributed by atoms with van der Waals surface area (Å²) in [5.41, 5.74) is 0.0424. The first kappa shape index (κ1) is 7.66. The average Bonchev–Trinajstić information content (AvgIpc) is 2.46. The second kappa shape index (κ2) is 2.51. The maximum atomic E-state index is 12.7. The van der Waals surface area contributed by atoms with Crippen LogP contribution in [-0.4, -0.2) is 26.3 Å². The molecule has 2 aromatic rings. The Balaban J connectivity index is 2.79. The van der Waals surface area contributed by atoms with Crippen molar-refractivity contribution in [3.63, 3.8) is 0 Å². The zero-order valence-electron chi connectivity index (χ0n) is 6.28. The van der Waals surface area contributed by atoms with Gasteiger partial charge in [-0.2, -0.15) is 5.10 Å². The highest BCUT2D eigenvalue weighted by Gasteiger charge is 2.12. The Labute approximate surface area is 71.2 Å². The molecule has 0 fully saturated rings. The first-order chi connectivity index (χ1) is 6.18. The molecular formula is C7H4FN3O2. The Hall–Kier alpha value is -1.98. The average molecular weight is 181 g/mol. The van der Waals surface area contributed by atoms with Gasteiger partial charge in [-0.3, -0.25) is 5.10 Å². The van der Waals surface area contributed by atoms with Crippen molar-refractivity contribution in [1.29, 1.82) is 0 Å². The summed E-state index contributed by atoms with van der Waals surface area (Å²) in [5.74, 6) is -1.77. The molecule has 0 bridgehead atoms. The van der Waals surface area contributed by atoms with Crippen molar-refractivity contribution in [1.82, 2.24) is 15.2 Å². The second-order valence-electron chi connectivity index (χ2n) is 2.43. The maximum absolute atomic E-state index is 12.7.